The topological polar surface area (TPSA) is 50.7 Å². The van der Waals surface area contributed by atoms with E-state index < -0.39 is 0 Å². The Morgan fingerprint density at radius 1 is 1.30 bits per heavy atom. The fourth-order valence-corrected chi connectivity index (χ4v) is 1.65. The number of nitrogens with one attached hydrogen (secondary N) is 1. The maximum absolute atomic E-state index is 11.6. The number of amides is 1. The van der Waals surface area contributed by atoms with Crippen molar-refractivity contribution in [3.05, 3.63) is 29.8 Å². The van der Waals surface area contributed by atoms with Crippen molar-refractivity contribution < 1.29 is 9.53 Å². The van der Waals surface area contributed by atoms with Crippen LogP contribution in [-0.4, -0.2) is 18.7 Å². The molecule has 1 amide bonds. The second-order valence-electron chi connectivity index (χ2n) is 5.46. The quantitative estimate of drug-likeness (QED) is 0.613. The highest BCUT2D eigenvalue weighted by molar-refractivity contribution is 5.78. The first-order chi connectivity index (χ1) is 9.50. The Morgan fingerprint density at radius 3 is 2.65 bits per heavy atom. The number of ether oxygens (including phenoxy) is 1. The molecule has 1 rings (SSSR count). The van der Waals surface area contributed by atoms with E-state index in [1.165, 1.54) is 0 Å². The van der Waals surface area contributed by atoms with Gasteiger partial charge in [-0.05, 0) is 29.9 Å². The zero-order valence-electron chi connectivity index (χ0n) is 12.7. The van der Waals surface area contributed by atoms with Crippen molar-refractivity contribution in [2.24, 2.45) is 11.0 Å². The largest absolute Gasteiger partial charge is 0.483 e. The Balaban J connectivity index is 2.43. The lowest BCUT2D eigenvalue weighted by Crippen LogP contribution is -2.24. The average Bonchev–Trinajstić information content (AvgIpc) is 2.41. The van der Waals surface area contributed by atoms with E-state index in [9.17, 15) is 4.79 Å². The SMILES string of the molecule is CC(C)CC=NNC(=O)COc1ccccc1C(C)C. The Hall–Kier alpha value is -1.84. The Morgan fingerprint density at radius 2 is 2.00 bits per heavy atom. The maximum Gasteiger partial charge on any atom is 0.277 e. The first kappa shape index (κ1) is 16.2. The molecule has 0 saturated heterocycles. The summed E-state index contributed by atoms with van der Waals surface area (Å²) in [5, 5.41) is 3.88. The summed E-state index contributed by atoms with van der Waals surface area (Å²) in [5.74, 6) is 1.40. The smallest absolute Gasteiger partial charge is 0.277 e. The molecule has 0 aliphatic carbocycles. The third-order valence-electron chi connectivity index (χ3n) is 2.76. The van der Waals surface area contributed by atoms with E-state index in [4.69, 9.17) is 4.74 Å². The molecule has 0 saturated carbocycles. The van der Waals surface area contributed by atoms with Gasteiger partial charge in [0.05, 0.1) is 0 Å². The van der Waals surface area contributed by atoms with E-state index in [1.807, 2.05) is 24.3 Å². The van der Waals surface area contributed by atoms with Crippen LogP contribution in [0.3, 0.4) is 0 Å². The minimum Gasteiger partial charge on any atom is -0.483 e. The summed E-state index contributed by atoms with van der Waals surface area (Å²) in [5.41, 5.74) is 3.56. The number of benzene rings is 1. The summed E-state index contributed by atoms with van der Waals surface area (Å²) < 4.78 is 5.55. The van der Waals surface area contributed by atoms with Crippen molar-refractivity contribution >= 4 is 12.1 Å². The van der Waals surface area contributed by atoms with Crippen LogP contribution in [-0.2, 0) is 4.79 Å². The van der Waals surface area contributed by atoms with Gasteiger partial charge in [0.2, 0.25) is 0 Å². The molecule has 0 fully saturated rings. The molecule has 0 aromatic heterocycles. The Bertz CT molecular complexity index is 454. The molecule has 0 aliphatic rings. The second-order valence-corrected chi connectivity index (χ2v) is 5.46. The summed E-state index contributed by atoms with van der Waals surface area (Å²) in [4.78, 5) is 11.6. The molecule has 4 nitrogen and oxygen atoms in total. The van der Waals surface area contributed by atoms with Gasteiger partial charge in [-0.2, -0.15) is 5.10 Å². The zero-order valence-corrected chi connectivity index (χ0v) is 12.7. The van der Waals surface area contributed by atoms with Crippen LogP contribution in [0.4, 0.5) is 0 Å². The van der Waals surface area contributed by atoms with Crippen molar-refractivity contribution in [1.29, 1.82) is 0 Å². The number of carbonyl (C=O) groups excluding carboxylic acids is 1. The van der Waals surface area contributed by atoms with Crippen LogP contribution in [0.2, 0.25) is 0 Å². The van der Waals surface area contributed by atoms with Crippen molar-refractivity contribution in [1.82, 2.24) is 5.43 Å². The van der Waals surface area contributed by atoms with E-state index in [-0.39, 0.29) is 12.5 Å². The number of nitrogens with zero attached hydrogens (tertiary/aromatic N) is 1. The van der Waals surface area contributed by atoms with Gasteiger partial charge < -0.3 is 4.74 Å². The summed E-state index contributed by atoms with van der Waals surface area (Å²) in [6, 6.07) is 7.77. The van der Waals surface area contributed by atoms with Gasteiger partial charge in [0.1, 0.15) is 5.75 Å². The zero-order chi connectivity index (χ0) is 15.0. The van der Waals surface area contributed by atoms with Crippen molar-refractivity contribution in [2.45, 2.75) is 40.0 Å². The van der Waals surface area contributed by atoms with Crippen molar-refractivity contribution in [2.75, 3.05) is 6.61 Å². The van der Waals surface area contributed by atoms with Gasteiger partial charge in [-0.15, -0.1) is 0 Å². The molecule has 0 spiro atoms. The number of hydrogen-bond acceptors (Lipinski definition) is 3. The predicted molar refractivity (Wildman–Crippen MR) is 82.1 cm³/mol. The molecular weight excluding hydrogens is 252 g/mol. The molecule has 1 aromatic carbocycles. The lowest BCUT2D eigenvalue weighted by atomic mass is 10.0. The standard InChI is InChI=1S/C16H24N2O2/c1-12(2)9-10-17-18-16(19)11-20-15-8-6-5-7-14(15)13(3)4/h5-8,10,12-13H,9,11H2,1-4H3,(H,18,19). The van der Waals surface area contributed by atoms with Gasteiger partial charge >= 0.3 is 0 Å². The predicted octanol–water partition coefficient (Wildman–Crippen LogP) is 3.34. The van der Waals surface area contributed by atoms with Crippen LogP contribution < -0.4 is 10.2 Å². The molecule has 0 unspecified atom stereocenters. The molecule has 4 heteroatoms. The van der Waals surface area contributed by atoms with Gasteiger partial charge in [0.25, 0.3) is 5.91 Å². The molecule has 1 aromatic rings. The molecule has 0 aliphatic heterocycles. The van der Waals surface area contributed by atoms with Gasteiger partial charge in [0, 0.05) is 6.21 Å². The van der Waals surface area contributed by atoms with Crippen LogP contribution in [0, 0.1) is 5.92 Å². The van der Waals surface area contributed by atoms with E-state index in [2.05, 4.69) is 38.2 Å². The third kappa shape index (κ3) is 5.87. The molecule has 0 atom stereocenters. The average molecular weight is 276 g/mol. The van der Waals surface area contributed by atoms with E-state index in [0.717, 1.165) is 17.7 Å². The van der Waals surface area contributed by atoms with E-state index >= 15 is 0 Å². The minimum absolute atomic E-state index is 0.0250. The molecule has 110 valence electrons. The number of para-hydroxylation sites is 1. The highest BCUT2D eigenvalue weighted by Gasteiger charge is 2.08. The molecule has 0 bridgehead atoms. The fourth-order valence-electron chi connectivity index (χ4n) is 1.65. The van der Waals surface area contributed by atoms with Crippen LogP contribution in [0.15, 0.2) is 29.4 Å². The molecule has 1 N–H and O–H groups in total. The van der Waals surface area contributed by atoms with E-state index in [1.54, 1.807) is 6.21 Å². The molecule has 0 heterocycles. The van der Waals surface area contributed by atoms with Gasteiger partial charge in [-0.3, -0.25) is 4.79 Å². The van der Waals surface area contributed by atoms with Crippen LogP contribution >= 0.6 is 0 Å². The highest BCUT2D eigenvalue weighted by atomic mass is 16.5. The first-order valence-corrected chi connectivity index (χ1v) is 7.02. The molecule has 0 radical (unpaired) electrons. The fraction of sp³-hybridized carbons (Fsp3) is 0.500. The highest BCUT2D eigenvalue weighted by Crippen LogP contribution is 2.25. The Kier molecular flexibility index (Phi) is 6.77. The minimum atomic E-state index is -0.247. The lowest BCUT2D eigenvalue weighted by molar-refractivity contribution is -0.123. The summed E-state index contributed by atoms with van der Waals surface area (Å²) in [7, 11) is 0. The number of rotatable bonds is 7. The summed E-state index contributed by atoms with van der Waals surface area (Å²) in [6.45, 7) is 8.36. The second kappa shape index (κ2) is 8.35. The van der Waals surface area contributed by atoms with Crippen LogP contribution in [0.25, 0.3) is 0 Å². The summed E-state index contributed by atoms with van der Waals surface area (Å²) >= 11 is 0. The van der Waals surface area contributed by atoms with E-state index in [0.29, 0.717) is 11.8 Å². The van der Waals surface area contributed by atoms with Gasteiger partial charge in [-0.25, -0.2) is 5.43 Å². The first-order valence-electron chi connectivity index (χ1n) is 7.02. The number of hydrazone groups is 1. The number of hydrogen-bond donors (Lipinski definition) is 1. The van der Waals surface area contributed by atoms with Crippen LogP contribution in [0.1, 0.15) is 45.6 Å². The Labute approximate surface area is 121 Å². The summed E-state index contributed by atoms with van der Waals surface area (Å²) in [6.07, 6.45) is 2.56. The van der Waals surface area contributed by atoms with Crippen LogP contribution in [0.5, 0.6) is 5.75 Å². The maximum atomic E-state index is 11.6. The van der Waals surface area contributed by atoms with Gasteiger partial charge in [-0.1, -0.05) is 45.9 Å². The lowest BCUT2D eigenvalue weighted by Gasteiger charge is -2.13. The normalized spacial score (nSPS) is 11.3. The molecule has 20 heavy (non-hydrogen) atoms. The van der Waals surface area contributed by atoms with Crippen molar-refractivity contribution in [3.63, 3.8) is 0 Å². The monoisotopic (exact) mass is 276 g/mol. The number of carbonyl (C=O) groups is 1. The van der Waals surface area contributed by atoms with Crippen molar-refractivity contribution in [3.8, 4) is 5.75 Å². The molecular formula is C16H24N2O2. The third-order valence-corrected chi connectivity index (χ3v) is 2.76. The van der Waals surface area contributed by atoms with Gasteiger partial charge in [0.15, 0.2) is 6.61 Å².